The lowest BCUT2D eigenvalue weighted by atomic mass is 10.2. The molecule has 4 aromatic rings. The Morgan fingerprint density at radius 3 is 2.63 bits per heavy atom. The lowest BCUT2D eigenvalue weighted by Gasteiger charge is -2.12. The van der Waals surface area contributed by atoms with Crippen LogP contribution in [0.5, 0.6) is 5.88 Å². The van der Waals surface area contributed by atoms with Crippen molar-refractivity contribution in [3.63, 3.8) is 0 Å². The average molecular weight is 520 g/mol. The van der Waals surface area contributed by atoms with Crippen molar-refractivity contribution in [1.82, 2.24) is 15.0 Å². The van der Waals surface area contributed by atoms with E-state index >= 15 is 0 Å². The van der Waals surface area contributed by atoms with Crippen LogP contribution < -0.4 is 14.8 Å². The molecular formula is C22H19F2N5O4S2. The van der Waals surface area contributed by atoms with Crippen molar-refractivity contribution in [1.29, 1.82) is 0 Å². The van der Waals surface area contributed by atoms with Gasteiger partial charge in [0, 0.05) is 34.5 Å². The molecule has 0 bridgehead atoms. The standard InChI is InChI=1S/C22H19F2N5O4S2/c1-4-19(30)27-22-26-11(2)14-9-17(34-21(14)28-22)12-7-16(20(33-3)25-10-12)29-35(31,32)18-6-5-13(23)8-15(18)24/h5-10,29H,4H2,1-3H3,(H,26,27,28,30). The fourth-order valence-electron chi connectivity index (χ4n) is 3.19. The van der Waals surface area contributed by atoms with Crippen LogP contribution in [0.3, 0.4) is 0 Å². The fraction of sp³-hybridized carbons (Fsp3) is 0.182. The number of benzene rings is 1. The number of carbonyl (C=O) groups excluding carboxylic acids is 1. The van der Waals surface area contributed by atoms with Crippen molar-refractivity contribution in [3.8, 4) is 16.3 Å². The van der Waals surface area contributed by atoms with Gasteiger partial charge in [0.1, 0.15) is 27.0 Å². The highest BCUT2D eigenvalue weighted by atomic mass is 32.2. The molecule has 0 saturated carbocycles. The van der Waals surface area contributed by atoms with E-state index in [0.29, 0.717) is 27.0 Å². The maximum Gasteiger partial charge on any atom is 0.264 e. The van der Waals surface area contributed by atoms with Crippen LogP contribution in [-0.4, -0.2) is 36.4 Å². The summed E-state index contributed by atoms with van der Waals surface area (Å²) < 4.78 is 60.3. The summed E-state index contributed by atoms with van der Waals surface area (Å²) in [4.78, 5) is 25.2. The lowest BCUT2D eigenvalue weighted by Crippen LogP contribution is -2.15. The first kappa shape index (κ1) is 24.4. The van der Waals surface area contributed by atoms with Gasteiger partial charge in [0.2, 0.25) is 17.7 Å². The number of fused-ring (bicyclic) bond motifs is 1. The Labute approximate surface area is 203 Å². The predicted octanol–water partition coefficient (Wildman–Crippen LogP) is 4.50. The van der Waals surface area contributed by atoms with Gasteiger partial charge < -0.3 is 4.74 Å². The molecule has 0 unspecified atom stereocenters. The molecule has 4 rings (SSSR count). The van der Waals surface area contributed by atoms with Crippen LogP contribution in [0.2, 0.25) is 0 Å². The molecule has 0 saturated heterocycles. The summed E-state index contributed by atoms with van der Waals surface area (Å²) in [5.74, 6) is -2.19. The number of nitrogens with zero attached hydrogens (tertiary/aromatic N) is 3. The van der Waals surface area contributed by atoms with E-state index in [9.17, 15) is 22.0 Å². The fourth-order valence-corrected chi connectivity index (χ4v) is 5.36. The Morgan fingerprint density at radius 2 is 1.94 bits per heavy atom. The van der Waals surface area contributed by atoms with E-state index in [0.717, 1.165) is 17.5 Å². The van der Waals surface area contributed by atoms with Gasteiger partial charge in [-0.15, -0.1) is 11.3 Å². The molecule has 1 amide bonds. The SMILES string of the molecule is CCC(=O)Nc1nc(C)c2cc(-c3cnc(OC)c(NS(=O)(=O)c4ccc(F)cc4F)c3)sc2n1. The summed E-state index contributed by atoms with van der Waals surface area (Å²) in [6.45, 7) is 3.50. The third-order valence-corrected chi connectivity index (χ3v) is 7.39. The normalized spacial score (nSPS) is 11.5. The monoisotopic (exact) mass is 519 g/mol. The predicted molar refractivity (Wildman–Crippen MR) is 128 cm³/mol. The van der Waals surface area contributed by atoms with Crippen molar-refractivity contribution in [2.75, 3.05) is 17.1 Å². The van der Waals surface area contributed by atoms with Crippen LogP contribution in [0.1, 0.15) is 19.0 Å². The van der Waals surface area contributed by atoms with E-state index in [1.54, 1.807) is 13.8 Å². The number of halogens is 2. The third-order valence-electron chi connectivity index (χ3n) is 4.91. The minimum Gasteiger partial charge on any atom is -0.480 e. The highest BCUT2D eigenvalue weighted by Crippen LogP contribution is 2.37. The van der Waals surface area contributed by atoms with Gasteiger partial charge in [-0.2, -0.15) is 0 Å². The number of hydrogen-bond acceptors (Lipinski definition) is 8. The highest BCUT2D eigenvalue weighted by Gasteiger charge is 2.22. The zero-order valence-corrected chi connectivity index (χ0v) is 20.4. The van der Waals surface area contributed by atoms with Crippen LogP contribution in [0.15, 0.2) is 41.4 Å². The summed E-state index contributed by atoms with van der Waals surface area (Å²) in [6, 6.07) is 5.47. The summed E-state index contributed by atoms with van der Waals surface area (Å²) in [5.41, 5.74) is 1.15. The molecule has 0 spiro atoms. The van der Waals surface area contributed by atoms with Gasteiger partial charge in [-0.1, -0.05) is 6.92 Å². The van der Waals surface area contributed by atoms with Gasteiger partial charge >= 0.3 is 0 Å². The maximum absolute atomic E-state index is 14.1. The number of thiophene rings is 1. The summed E-state index contributed by atoms with van der Waals surface area (Å²) >= 11 is 1.29. The maximum atomic E-state index is 14.1. The topological polar surface area (TPSA) is 123 Å². The number of pyridine rings is 1. The Hall–Kier alpha value is -3.71. The van der Waals surface area contributed by atoms with Crippen LogP contribution in [0, 0.1) is 18.6 Å². The molecule has 0 atom stereocenters. The van der Waals surface area contributed by atoms with Crippen LogP contribution in [-0.2, 0) is 14.8 Å². The highest BCUT2D eigenvalue weighted by molar-refractivity contribution is 7.92. The number of aromatic nitrogens is 3. The molecule has 35 heavy (non-hydrogen) atoms. The molecule has 182 valence electrons. The molecule has 9 nitrogen and oxygen atoms in total. The number of methoxy groups -OCH3 is 1. The van der Waals surface area contributed by atoms with Crippen molar-refractivity contribution in [2.45, 2.75) is 25.2 Å². The molecule has 0 fully saturated rings. The zero-order valence-electron chi connectivity index (χ0n) is 18.7. The first-order chi connectivity index (χ1) is 16.6. The Kier molecular flexibility index (Phi) is 6.63. The second kappa shape index (κ2) is 9.50. The summed E-state index contributed by atoms with van der Waals surface area (Å²) in [7, 11) is -3.11. The van der Waals surface area contributed by atoms with E-state index < -0.39 is 26.6 Å². The molecule has 0 radical (unpaired) electrons. The van der Waals surface area contributed by atoms with Crippen molar-refractivity contribution >= 4 is 49.1 Å². The van der Waals surface area contributed by atoms with Gasteiger partial charge in [-0.05, 0) is 31.2 Å². The molecule has 1 aromatic carbocycles. The van der Waals surface area contributed by atoms with Crippen molar-refractivity contribution < 1.29 is 26.7 Å². The van der Waals surface area contributed by atoms with E-state index in [1.165, 1.54) is 30.7 Å². The number of amides is 1. The smallest absolute Gasteiger partial charge is 0.264 e. The first-order valence-corrected chi connectivity index (χ1v) is 12.5. The van der Waals surface area contributed by atoms with E-state index in [2.05, 4.69) is 25.0 Å². The van der Waals surface area contributed by atoms with Gasteiger partial charge in [-0.25, -0.2) is 32.2 Å². The summed E-state index contributed by atoms with van der Waals surface area (Å²) in [5, 5.41) is 3.39. The summed E-state index contributed by atoms with van der Waals surface area (Å²) in [6.07, 6.45) is 1.77. The quantitative estimate of drug-likeness (QED) is 0.369. The average Bonchev–Trinajstić information content (AvgIpc) is 3.23. The Morgan fingerprint density at radius 1 is 1.17 bits per heavy atom. The Balaban J connectivity index is 1.73. The minimum atomic E-state index is -4.41. The number of sulfonamides is 1. The zero-order chi connectivity index (χ0) is 25.3. The number of carbonyl (C=O) groups is 1. The van der Waals surface area contributed by atoms with Gasteiger partial charge in [-0.3, -0.25) is 14.8 Å². The molecule has 0 aliphatic carbocycles. The molecule has 3 aromatic heterocycles. The van der Waals surface area contributed by atoms with Crippen LogP contribution in [0.25, 0.3) is 20.7 Å². The number of aryl methyl sites for hydroxylation is 1. The lowest BCUT2D eigenvalue weighted by molar-refractivity contribution is -0.115. The third kappa shape index (κ3) is 5.05. The van der Waals surface area contributed by atoms with Crippen LogP contribution in [0.4, 0.5) is 20.4 Å². The number of hydrogen-bond donors (Lipinski definition) is 2. The number of nitrogens with one attached hydrogen (secondary N) is 2. The molecule has 3 heterocycles. The number of anilines is 2. The second-order valence-electron chi connectivity index (χ2n) is 7.32. The molecular weight excluding hydrogens is 500 g/mol. The van der Waals surface area contributed by atoms with Gasteiger partial charge in [0.25, 0.3) is 10.0 Å². The van der Waals surface area contributed by atoms with Gasteiger partial charge in [0.05, 0.1) is 12.8 Å². The minimum absolute atomic E-state index is 0.0371. The van der Waals surface area contributed by atoms with E-state index in [4.69, 9.17) is 4.74 Å². The number of rotatable bonds is 7. The Bertz CT molecular complexity index is 1560. The number of ether oxygens (including phenoxy) is 1. The largest absolute Gasteiger partial charge is 0.480 e. The van der Waals surface area contributed by atoms with Crippen molar-refractivity contribution in [3.05, 3.63) is 53.9 Å². The van der Waals surface area contributed by atoms with Crippen LogP contribution >= 0.6 is 11.3 Å². The second-order valence-corrected chi connectivity index (χ2v) is 10.0. The molecule has 2 N–H and O–H groups in total. The van der Waals surface area contributed by atoms with Crippen molar-refractivity contribution in [2.24, 2.45) is 0 Å². The molecule has 0 aliphatic rings. The van der Waals surface area contributed by atoms with Gasteiger partial charge in [0.15, 0.2) is 0 Å². The molecule has 13 heteroatoms. The molecule has 0 aliphatic heterocycles. The van der Waals surface area contributed by atoms with E-state index in [-0.39, 0.29) is 29.8 Å². The first-order valence-electron chi connectivity index (χ1n) is 10.2. The van der Waals surface area contributed by atoms with E-state index in [1.807, 2.05) is 6.07 Å².